The van der Waals surface area contributed by atoms with Crippen molar-refractivity contribution in [3.8, 4) is 5.75 Å². The van der Waals surface area contributed by atoms with E-state index in [0.29, 0.717) is 12.1 Å². The van der Waals surface area contributed by atoms with Gasteiger partial charge in [0.1, 0.15) is 5.75 Å². The molecular weight excluding hydrogens is 200 g/mol. The van der Waals surface area contributed by atoms with Crippen LogP contribution < -0.4 is 15.4 Å². The molecule has 0 bridgehead atoms. The molecule has 1 aromatic carbocycles. The molecule has 0 aliphatic carbocycles. The Morgan fingerprint density at radius 3 is 2.38 bits per heavy atom. The minimum atomic E-state index is 0.575. The van der Waals surface area contributed by atoms with Gasteiger partial charge in [0, 0.05) is 18.2 Å². The zero-order valence-corrected chi connectivity index (χ0v) is 10.2. The minimum Gasteiger partial charge on any atom is -0.497 e. The van der Waals surface area contributed by atoms with Crippen LogP contribution in [0.4, 0.5) is 11.4 Å². The lowest BCUT2D eigenvalue weighted by Gasteiger charge is -2.30. The average Bonchev–Trinajstić information content (AvgIpc) is 2.59. The quantitative estimate of drug-likeness (QED) is 0.779. The Labute approximate surface area is 97.2 Å². The number of anilines is 2. The molecule has 3 nitrogen and oxygen atoms in total. The number of benzene rings is 1. The van der Waals surface area contributed by atoms with Crippen LogP contribution in [0, 0.1) is 0 Å². The molecule has 2 rings (SSSR count). The summed E-state index contributed by atoms with van der Waals surface area (Å²) in [6.07, 6.45) is 2.49. The summed E-state index contributed by atoms with van der Waals surface area (Å²) < 4.78 is 5.17. The molecule has 1 saturated heterocycles. The van der Waals surface area contributed by atoms with Gasteiger partial charge in [-0.2, -0.15) is 0 Å². The predicted molar refractivity (Wildman–Crippen MR) is 68.0 cm³/mol. The van der Waals surface area contributed by atoms with Gasteiger partial charge in [-0.15, -0.1) is 0 Å². The molecule has 0 spiro atoms. The number of methoxy groups -OCH3 is 1. The monoisotopic (exact) mass is 220 g/mol. The van der Waals surface area contributed by atoms with Crippen molar-refractivity contribution in [1.29, 1.82) is 0 Å². The largest absolute Gasteiger partial charge is 0.497 e. The van der Waals surface area contributed by atoms with Gasteiger partial charge in [-0.25, -0.2) is 0 Å². The van der Waals surface area contributed by atoms with Gasteiger partial charge in [-0.1, -0.05) is 0 Å². The number of hydrogen-bond acceptors (Lipinski definition) is 3. The first-order valence-electron chi connectivity index (χ1n) is 5.85. The number of ether oxygens (including phenoxy) is 1. The molecule has 1 heterocycles. The number of nitrogens with two attached hydrogens (primary N) is 1. The van der Waals surface area contributed by atoms with E-state index in [1.54, 1.807) is 7.11 Å². The first-order valence-corrected chi connectivity index (χ1v) is 5.85. The smallest absolute Gasteiger partial charge is 0.121 e. The van der Waals surface area contributed by atoms with Crippen molar-refractivity contribution in [2.45, 2.75) is 38.8 Å². The average molecular weight is 220 g/mol. The predicted octanol–water partition coefficient (Wildman–Crippen LogP) is 2.65. The van der Waals surface area contributed by atoms with E-state index in [1.165, 1.54) is 12.8 Å². The summed E-state index contributed by atoms with van der Waals surface area (Å²) in [4.78, 5) is 2.41. The molecule has 0 saturated carbocycles. The molecule has 2 N–H and O–H groups in total. The Hall–Kier alpha value is -1.38. The summed E-state index contributed by atoms with van der Waals surface area (Å²) in [7, 11) is 1.66. The SMILES string of the molecule is COc1ccc(N2C(C)CCC2C)c(N)c1. The molecule has 1 fully saturated rings. The van der Waals surface area contributed by atoms with Gasteiger partial charge in [-0.05, 0) is 38.8 Å². The molecule has 1 aromatic rings. The van der Waals surface area contributed by atoms with Gasteiger partial charge in [0.2, 0.25) is 0 Å². The molecule has 3 heteroatoms. The summed E-state index contributed by atoms with van der Waals surface area (Å²) in [5.74, 6) is 0.820. The first kappa shape index (κ1) is 11.1. The van der Waals surface area contributed by atoms with Crippen molar-refractivity contribution in [3.05, 3.63) is 18.2 Å². The lowest BCUT2D eigenvalue weighted by Crippen LogP contribution is -2.33. The second-order valence-electron chi connectivity index (χ2n) is 4.61. The number of hydrogen-bond donors (Lipinski definition) is 1. The van der Waals surface area contributed by atoms with Crippen LogP contribution in [-0.2, 0) is 0 Å². The van der Waals surface area contributed by atoms with E-state index in [9.17, 15) is 0 Å². The molecule has 16 heavy (non-hydrogen) atoms. The van der Waals surface area contributed by atoms with Crippen molar-refractivity contribution < 1.29 is 4.74 Å². The lowest BCUT2D eigenvalue weighted by molar-refractivity contribution is 0.415. The van der Waals surface area contributed by atoms with Gasteiger partial charge in [0.15, 0.2) is 0 Å². The maximum atomic E-state index is 6.08. The third kappa shape index (κ3) is 1.82. The van der Waals surface area contributed by atoms with E-state index < -0.39 is 0 Å². The summed E-state index contributed by atoms with van der Waals surface area (Å²) in [5.41, 5.74) is 8.02. The van der Waals surface area contributed by atoms with Crippen LogP contribution in [0.15, 0.2) is 18.2 Å². The van der Waals surface area contributed by atoms with Gasteiger partial charge >= 0.3 is 0 Å². The topological polar surface area (TPSA) is 38.5 Å². The van der Waals surface area contributed by atoms with Crippen LogP contribution in [0.5, 0.6) is 5.75 Å². The van der Waals surface area contributed by atoms with Gasteiger partial charge < -0.3 is 15.4 Å². The fraction of sp³-hybridized carbons (Fsp3) is 0.538. The number of nitrogen functional groups attached to an aromatic ring is 1. The van der Waals surface area contributed by atoms with Crippen molar-refractivity contribution >= 4 is 11.4 Å². The molecule has 1 aliphatic heterocycles. The standard InChI is InChI=1S/C13H20N2O/c1-9-4-5-10(2)15(9)13-7-6-11(16-3)8-12(13)14/h6-10H,4-5,14H2,1-3H3. The highest BCUT2D eigenvalue weighted by Gasteiger charge is 2.28. The molecule has 2 unspecified atom stereocenters. The number of rotatable bonds is 2. The van der Waals surface area contributed by atoms with E-state index in [2.05, 4.69) is 24.8 Å². The Bertz CT molecular complexity index is 368. The molecular formula is C13H20N2O. The molecule has 88 valence electrons. The van der Waals surface area contributed by atoms with Gasteiger partial charge in [-0.3, -0.25) is 0 Å². The van der Waals surface area contributed by atoms with Crippen molar-refractivity contribution in [2.75, 3.05) is 17.7 Å². The summed E-state index contributed by atoms with van der Waals surface area (Å²) in [6.45, 7) is 4.51. The van der Waals surface area contributed by atoms with Crippen LogP contribution >= 0.6 is 0 Å². The summed E-state index contributed by atoms with van der Waals surface area (Å²) >= 11 is 0. The van der Waals surface area contributed by atoms with E-state index in [4.69, 9.17) is 10.5 Å². The van der Waals surface area contributed by atoms with Crippen molar-refractivity contribution in [3.63, 3.8) is 0 Å². The van der Waals surface area contributed by atoms with Gasteiger partial charge in [0.25, 0.3) is 0 Å². The molecule has 1 aliphatic rings. The summed E-state index contributed by atoms with van der Waals surface area (Å²) in [6, 6.07) is 7.08. The third-order valence-electron chi connectivity index (χ3n) is 3.46. The highest BCUT2D eigenvalue weighted by Crippen LogP contribution is 2.35. The lowest BCUT2D eigenvalue weighted by atomic mass is 10.2. The molecule has 0 aromatic heterocycles. The maximum Gasteiger partial charge on any atom is 0.121 e. The molecule has 2 atom stereocenters. The van der Waals surface area contributed by atoms with Crippen molar-refractivity contribution in [2.24, 2.45) is 0 Å². The zero-order chi connectivity index (χ0) is 11.7. The highest BCUT2D eigenvalue weighted by molar-refractivity contribution is 5.70. The Kier molecular flexibility index (Phi) is 2.95. The Morgan fingerprint density at radius 2 is 1.88 bits per heavy atom. The zero-order valence-electron chi connectivity index (χ0n) is 10.2. The van der Waals surface area contributed by atoms with Gasteiger partial charge in [0.05, 0.1) is 18.5 Å². The van der Waals surface area contributed by atoms with Crippen LogP contribution in [0.1, 0.15) is 26.7 Å². The summed E-state index contributed by atoms with van der Waals surface area (Å²) in [5, 5.41) is 0. The second-order valence-corrected chi connectivity index (χ2v) is 4.61. The fourth-order valence-corrected chi connectivity index (χ4v) is 2.56. The Morgan fingerprint density at radius 1 is 1.25 bits per heavy atom. The van der Waals surface area contributed by atoms with E-state index in [-0.39, 0.29) is 0 Å². The van der Waals surface area contributed by atoms with Crippen molar-refractivity contribution in [1.82, 2.24) is 0 Å². The van der Waals surface area contributed by atoms with Crippen LogP contribution in [0.3, 0.4) is 0 Å². The molecule has 0 radical (unpaired) electrons. The van der Waals surface area contributed by atoms with Crippen LogP contribution in [0.25, 0.3) is 0 Å². The third-order valence-corrected chi connectivity index (χ3v) is 3.46. The minimum absolute atomic E-state index is 0.575. The Balaban J connectivity index is 2.33. The highest BCUT2D eigenvalue weighted by atomic mass is 16.5. The van der Waals surface area contributed by atoms with Crippen LogP contribution in [0.2, 0.25) is 0 Å². The first-order chi connectivity index (χ1) is 7.63. The van der Waals surface area contributed by atoms with E-state index in [0.717, 1.165) is 17.1 Å². The fourth-order valence-electron chi connectivity index (χ4n) is 2.56. The number of nitrogens with zero attached hydrogens (tertiary/aromatic N) is 1. The molecule has 0 amide bonds. The van der Waals surface area contributed by atoms with E-state index >= 15 is 0 Å². The normalized spacial score (nSPS) is 24.8. The van der Waals surface area contributed by atoms with Crippen LogP contribution in [-0.4, -0.2) is 19.2 Å². The second kappa shape index (κ2) is 4.24. The van der Waals surface area contributed by atoms with E-state index in [1.807, 2.05) is 12.1 Å². The maximum absolute atomic E-state index is 6.08.